The van der Waals surface area contributed by atoms with Crippen LogP contribution in [-0.2, 0) is 9.59 Å². The number of amides is 1. The highest BCUT2D eigenvalue weighted by Crippen LogP contribution is 2.30. The average molecular weight is 443 g/mol. The van der Waals surface area contributed by atoms with E-state index in [1.165, 1.54) is 23.9 Å². The fourth-order valence-corrected chi connectivity index (χ4v) is 3.53. The van der Waals surface area contributed by atoms with E-state index >= 15 is 0 Å². The van der Waals surface area contributed by atoms with E-state index in [-0.39, 0.29) is 12.4 Å². The predicted octanol–water partition coefficient (Wildman–Crippen LogP) is 2.78. The van der Waals surface area contributed by atoms with Gasteiger partial charge < -0.3 is 24.3 Å². The zero-order valence-corrected chi connectivity index (χ0v) is 17.7. The lowest BCUT2D eigenvalue weighted by Crippen LogP contribution is -2.44. The molecule has 0 saturated carbocycles. The second-order valence-corrected chi connectivity index (χ2v) is 7.48. The fraction of sp³-hybridized carbons (Fsp3) is 0.227. The molecule has 31 heavy (non-hydrogen) atoms. The van der Waals surface area contributed by atoms with Crippen molar-refractivity contribution in [2.24, 2.45) is 0 Å². The van der Waals surface area contributed by atoms with Crippen molar-refractivity contribution in [3.63, 3.8) is 0 Å². The highest BCUT2D eigenvalue weighted by atomic mass is 32.2. The summed E-state index contributed by atoms with van der Waals surface area (Å²) >= 11 is 1.31. The van der Waals surface area contributed by atoms with Crippen LogP contribution in [-0.4, -0.2) is 48.8 Å². The highest BCUT2D eigenvalue weighted by Gasteiger charge is 2.19. The van der Waals surface area contributed by atoms with Crippen LogP contribution in [0.5, 0.6) is 11.5 Å². The molecule has 0 spiro atoms. The quantitative estimate of drug-likeness (QED) is 0.485. The summed E-state index contributed by atoms with van der Waals surface area (Å²) in [5.74, 6) is -0.408. The first-order valence-electron chi connectivity index (χ1n) is 9.27. The molecule has 9 heteroatoms. The molecule has 0 radical (unpaired) electrons. The summed E-state index contributed by atoms with van der Waals surface area (Å²) in [6.07, 6.45) is 1.75. The molecule has 0 unspecified atom stereocenters. The van der Waals surface area contributed by atoms with Crippen molar-refractivity contribution in [1.82, 2.24) is 5.32 Å². The Labute approximate surface area is 182 Å². The number of methoxy groups -OCH3 is 1. The molecular formula is C22H21NO7S. The number of fused-ring (bicyclic) bond motifs is 1. The molecule has 3 rings (SSSR count). The van der Waals surface area contributed by atoms with E-state index < -0.39 is 23.5 Å². The van der Waals surface area contributed by atoms with Gasteiger partial charge in [-0.2, -0.15) is 11.8 Å². The SMILES string of the molecule is COc1ccc(-c2cc(=O)oc3cc(OCC(=O)N[C@@H](CSC)C(=O)O)ccc23)cc1. The number of aliphatic carboxylic acids is 1. The highest BCUT2D eigenvalue weighted by molar-refractivity contribution is 7.98. The number of benzene rings is 2. The summed E-state index contributed by atoms with van der Waals surface area (Å²) < 4.78 is 15.9. The van der Waals surface area contributed by atoms with Crippen LogP contribution in [0.3, 0.4) is 0 Å². The van der Waals surface area contributed by atoms with Crippen molar-refractivity contribution < 1.29 is 28.6 Å². The van der Waals surface area contributed by atoms with Gasteiger partial charge in [0.1, 0.15) is 23.1 Å². The molecule has 2 aromatic carbocycles. The Morgan fingerprint density at radius 1 is 1.13 bits per heavy atom. The van der Waals surface area contributed by atoms with E-state index in [2.05, 4.69) is 5.32 Å². The van der Waals surface area contributed by atoms with E-state index in [1.54, 1.807) is 37.6 Å². The summed E-state index contributed by atoms with van der Waals surface area (Å²) in [6, 6.07) is 12.6. The third-order valence-corrected chi connectivity index (χ3v) is 5.12. The van der Waals surface area contributed by atoms with Gasteiger partial charge >= 0.3 is 11.6 Å². The number of rotatable bonds is 9. The Kier molecular flexibility index (Phi) is 7.19. The smallest absolute Gasteiger partial charge is 0.336 e. The van der Waals surface area contributed by atoms with Crippen LogP contribution in [0.4, 0.5) is 0 Å². The number of hydrogen-bond acceptors (Lipinski definition) is 7. The molecule has 0 fully saturated rings. The zero-order valence-electron chi connectivity index (χ0n) is 16.9. The van der Waals surface area contributed by atoms with E-state index in [9.17, 15) is 14.4 Å². The number of carbonyl (C=O) groups excluding carboxylic acids is 1. The minimum Gasteiger partial charge on any atom is -0.497 e. The molecule has 0 bridgehead atoms. The number of hydrogen-bond donors (Lipinski definition) is 2. The van der Waals surface area contributed by atoms with Gasteiger partial charge in [-0.1, -0.05) is 12.1 Å². The summed E-state index contributed by atoms with van der Waals surface area (Å²) in [5.41, 5.74) is 1.30. The van der Waals surface area contributed by atoms with Gasteiger partial charge in [-0.3, -0.25) is 4.79 Å². The Bertz CT molecular complexity index is 1140. The molecular weight excluding hydrogens is 422 g/mol. The first-order valence-corrected chi connectivity index (χ1v) is 10.7. The molecule has 0 aliphatic heterocycles. The van der Waals surface area contributed by atoms with Crippen molar-refractivity contribution in [1.29, 1.82) is 0 Å². The van der Waals surface area contributed by atoms with E-state index in [1.807, 2.05) is 12.1 Å². The second kappa shape index (κ2) is 10.0. The van der Waals surface area contributed by atoms with Crippen LogP contribution in [0.2, 0.25) is 0 Å². The molecule has 2 N–H and O–H groups in total. The maximum Gasteiger partial charge on any atom is 0.336 e. The predicted molar refractivity (Wildman–Crippen MR) is 118 cm³/mol. The molecule has 162 valence electrons. The number of thioether (sulfide) groups is 1. The molecule has 0 saturated heterocycles. The van der Waals surface area contributed by atoms with Crippen LogP contribution in [0, 0.1) is 0 Å². The normalized spacial score (nSPS) is 11.7. The van der Waals surface area contributed by atoms with E-state index in [0.717, 1.165) is 5.56 Å². The molecule has 1 aromatic heterocycles. The summed E-state index contributed by atoms with van der Waals surface area (Å²) in [6.45, 7) is -0.369. The van der Waals surface area contributed by atoms with Crippen molar-refractivity contribution in [2.45, 2.75) is 6.04 Å². The van der Waals surface area contributed by atoms with Gasteiger partial charge in [0.25, 0.3) is 5.91 Å². The third kappa shape index (κ3) is 5.58. The van der Waals surface area contributed by atoms with Crippen molar-refractivity contribution in [2.75, 3.05) is 25.7 Å². The zero-order chi connectivity index (χ0) is 22.4. The first-order chi connectivity index (χ1) is 14.9. The van der Waals surface area contributed by atoms with Crippen molar-refractivity contribution in [3.8, 4) is 22.6 Å². The summed E-state index contributed by atoms with van der Waals surface area (Å²) in [5, 5.41) is 12.2. The molecule has 1 amide bonds. The van der Waals surface area contributed by atoms with Gasteiger partial charge in [0.2, 0.25) is 0 Å². The number of ether oxygens (including phenoxy) is 2. The largest absolute Gasteiger partial charge is 0.497 e. The summed E-state index contributed by atoms with van der Waals surface area (Å²) in [7, 11) is 1.58. The van der Waals surface area contributed by atoms with E-state index in [4.69, 9.17) is 19.0 Å². The maximum atomic E-state index is 12.1. The molecule has 3 aromatic rings. The lowest BCUT2D eigenvalue weighted by molar-refractivity contribution is -0.141. The first kappa shape index (κ1) is 22.2. The average Bonchev–Trinajstić information content (AvgIpc) is 2.76. The molecule has 1 atom stereocenters. The van der Waals surface area contributed by atoms with Gasteiger partial charge in [-0.15, -0.1) is 0 Å². The molecule has 0 aliphatic carbocycles. The standard InChI is InChI=1S/C22H21NO7S/c1-28-14-5-3-13(4-6-14)17-10-21(25)30-19-9-15(7-8-16(17)19)29-11-20(24)23-18(12-31-2)22(26)27/h3-10,18H,11-12H2,1-2H3,(H,23,24)(H,26,27)/t18-/m0/s1. The number of carboxylic acid groups (broad SMARTS) is 1. The van der Waals surface area contributed by atoms with E-state index in [0.29, 0.717) is 28.0 Å². The summed E-state index contributed by atoms with van der Waals surface area (Å²) in [4.78, 5) is 35.2. The van der Waals surface area contributed by atoms with Crippen LogP contribution in [0.1, 0.15) is 0 Å². The van der Waals surface area contributed by atoms with Crippen molar-refractivity contribution in [3.05, 3.63) is 59.0 Å². The molecule has 0 aliphatic rings. The fourth-order valence-electron chi connectivity index (χ4n) is 2.97. The number of nitrogens with one attached hydrogen (secondary N) is 1. The van der Waals surface area contributed by atoms with Crippen LogP contribution >= 0.6 is 11.8 Å². The van der Waals surface area contributed by atoms with Gasteiger partial charge in [0.15, 0.2) is 6.61 Å². The van der Waals surface area contributed by atoms with Gasteiger partial charge in [0.05, 0.1) is 7.11 Å². The number of carbonyl (C=O) groups is 2. The topological polar surface area (TPSA) is 115 Å². The minimum absolute atomic E-state index is 0.246. The van der Waals surface area contributed by atoms with Crippen LogP contribution in [0.15, 0.2) is 57.7 Å². The minimum atomic E-state index is -1.11. The molecule has 8 nitrogen and oxygen atoms in total. The van der Waals surface area contributed by atoms with Gasteiger partial charge in [0, 0.05) is 23.3 Å². The monoisotopic (exact) mass is 443 g/mol. The Morgan fingerprint density at radius 3 is 2.48 bits per heavy atom. The van der Waals surface area contributed by atoms with Crippen LogP contribution < -0.4 is 20.4 Å². The lowest BCUT2D eigenvalue weighted by Gasteiger charge is -2.14. The Balaban J connectivity index is 1.79. The second-order valence-electron chi connectivity index (χ2n) is 6.57. The third-order valence-electron chi connectivity index (χ3n) is 4.45. The van der Waals surface area contributed by atoms with Crippen molar-refractivity contribution >= 4 is 34.6 Å². The number of carboxylic acids is 1. The Morgan fingerprint density at radius 2 is 1.84 bits per heavy atom. The maximum absolute atomic E-state index is 12.1. The molecule has 1 heterocycles. The van der Waals surface area contributed by atoms with Gasteiger partial charge in [-0.05, 0) is 41.6 Å². The lowest BCUT2D eigenvalue weighted by atomic mass is 10.0. The Hall–Kier alpha value is -3.46. The van der Waals surface area contributed by atoms with Crippen LogP contribution in [0.25, 0.3) is 22.1 Å². The van der Waals surface area contributed by atoms with Gasteiger partial charge in [-0.25, -0.2) is 9.59 Å².